The smallest absolute Gasteiger partial charge is 0.0513 e. The maximum atomic E-state index is 8.53. The van der Waals surface area contributed by atoms with E-state index in [0.29, 0.717) is 0 Å². The number of hydrogen-bond acceptors (Lipinski definition) is 4. The van der Waals surface area contributed by atoms with Crippen LogP contribution in [-0.2, 0) is 0 Å². The van der Waals surface area contributed by atoms with Gasteiger partial charge in [-0.05, 0) is 6.92 Å². The van der Waals surface area contributed by atoms with Gasteiger partial charge in [0, 0.05) is 0 Å². The number of hydrogen-bond donors (Lipinski definition) is 4. The van der Waals surface area contributed by atoms with Crippen LogP contribution in [0.15, 0.2) is 0 Å². The van der Waals surface area contributed by atoms with Gasteiger partial charge in [0.05, 0.1) is 5.75 Å². The Morgan fingerprint density at radius 1 is 1.71 bits per heavy atom. The van der Waals surface area contributed by atoms with Crippen molar-refractivity contribution in [3.05, 3.63) is 0 Å². The van der Waals surface area contributed by atoms with Crippen LogP contribution in [0.25, 0.3) is 0 Å². The number of nitrogens with two attached hydrogens (primary N) is 1. The van der Waals surface area contributed by atoms with Gasteiger partial charge in [0.1, 0.15) is 0 Å². The second-order valence-corrected chi connectivity index (χ2v) is 3.22. The lowest BCUT2D eigenvalue weighted by molar-refractivity contribution is 0.473. The topological polar surface area (TPSA) is 78.5 Å². The highest BCUT2D eigenvalue weighted by Crippen LogP contribution is 2.29. The van der Waals surface area contributed by atoms with Gasteiger partial charge in [-0.3, -0.25) is 14.9 Å². The molecule has 0 aliphatic carbocycles. The number of rotatable bonds is 2. The Hall–Kier alpha value is 0.190. The van der Waals surface area contributed by atoms with Crippen LogP contribution < -0.4 is 10.7 Å². The standard InChI is InChI=1S/C2H10N2O2S/c1-2-7(5,6)4-3/h4-6H,2-3H2,1H3. The van der Waals surface area contributed by atoms with Crippen LogP contribution >= 0.6 is 10.8 Å². The Kier molecular flexibility index (Phi) is 2.55. The summed E-state index contributed by atoms with van der Waals surface area (Å²) >= 11 is 0. The zero-order valence-corrected chi connectivity index (χ0v) is 4.90. The van der Waals surface area contributed by atoms with E-state index in [9.17, 15) is 0 Å². The van der Waals surface area contributed by atoms with Crippen LogP contribution in [0.2, 0.25) is 0 Å². The monoisotopic (exact) mass is 126 g/mol. The van der Waals surface area contributed by atoms with E-state index in [1.807, 2.05) is 4.83 Å². The normalized spacial score (nSPS) is 14.3. The van der Waals surface area contributed by atoms with Gasteiger partial charge in [-0.2, -0.15) is 4.83 Å². The average molecular weight is 126 g/mol. The molecule has 0 aromatic rings. The largest absolute Gasteiger partial charge is 0.285 e. The highest BCUT2D eigenvalue weighted by molar-refractivity contribution is 8.22. The summed E-state index contributed by atoms with van der Waals surface area (Å²) in [4.78, 5) is 1.89. The molecule has 5 N–H and O–H groups in total. The molecule has 0 spiro atoms. The maximum absolute atomic E-state index is 8.53. The minimum Gasteiger partial charge on any atom is -0.285 e. The van der Waals surface area contributed by atoms with Gasteiger partial charge in [0.25, 0.3) is 0 Å². The Bertz CT molecular complexity index is 51.7. The van der Waals surface area contributed by atoms with E-state index in [1.165, 1.54) is 0 Å². The van der Waals surface area contributed by atoms with Crippen LogP contribution in [0, 0.1) is 0 Å². The van der Waals surface area contributed by atoms with Gasteiger partial charge < -0.3 is 0 Å². The lowest BCUT2D eigenvalue weighted by Crippen LogP contribution is -2.27. The average Bonchev–Trinajstić information content (AvgIpc) is 1.68. The van der Waals surface area contributed by atoms with E-state index >= 15 is 0 Å². The van der Waals surface area contributed by atoms with Gasteiger partial charge in [-0.15, -0.1) is 10.8 Å². The van der Waals surface area contributed by atoms with E-state index in [1.54, 1.807) is 6.92 Å². The fourth-order valence-electron chi connectivity index (χ4n) is 0.0833. The molecule has 0 fully saturated rings. The molecule has 5 heteroatoms. The van der Waals surface area contributed by atoms with Gasteiger partial charge in [-0.25, -0.2) is 0 Å². The van der Waals surface area contributed by atoms with Crippen molar-refractivity contribution in [2.75, 3.05) is 5.75 Å². The SMILES string of the molecule is CCS(O)(O)NN. The first-order valence-electron chi connectivity index (χ1n) is 1.85. The van der Waals surface area contributed by atoms with Crippen molar-refractivity contribution in [2.24, 2.45) is 5.84 Å². The fraction of sp³-hybridized carbons (Fsp3) is 1.00. The molecule has 0 rings (SSSR count). The zero-order chi connectivity index (χ0) is 5.91. The maximum Gasteiger partial charge on any atom is 0.0513 e. The van der Waals surface area contributed by atoms with E-state index < -0.39 is 10.8 Å². The first-order valence-corrected chi connectivity index (χ1v) is 3.57. The minimum atomic E-state index is -2.63. The summed E-state index contributed by atoms with van der Waals surface area (Å²) in [7, 11) is -2.63. The predicted molar refractivity (Wildman–Crippen MR) is 30.7 cm³/mol. The molecule has 0 bridgehead atoms. The number of nitrogens with one attached hydrogen (secondary N) is 1. The molecule has 0 aromatic carbocycles. The summed E-state index contributed by atoms with van der Waals surface area (Å²) in [6, 6.07) is 0. The number of hydrazine groups is 1. The van der Waals surface area contributed by atoms with Crippen molar-refractivity contribution in [3.8, 4) is 0 Å². The van der Waals surface area contributed by atoms with Crippen molar-refractivity contribution < 1.29 is 9.11 Å². The first-order chi connectivity index (χ1) is 3.12. The summed E-state index contributed by atoms with van der Waals surface area (Å²) in [5.41, 5.74) is 0. The van der Waals surface area contributed by atoms with Gasteiger partial charge in [-0.1, -0.05) is 0 Å². The molecule has 0 saturated carbocycles. The summed E-state index contributed by atoms with van der Waals surface area (Å²) < 4.78 is 17.1. The second-order valence-electron chi connectivity index (χ2n) is 1.07. The van der Waals surface area contributed by atoms with E-state index in [-0.39, 0.29) is 5.75 Å². The lowest BCUT2D eigenvalue weighted by Gasteiger charge is -2.28. The molecule has 0 aromatic heterocycles. The van der Waals surface area contributed by atoms with Crippen LogP contribution in [-0.4, -0.2) is 14.9 Å². The van der Waals surface area contributed by atoms with Crippen LogP contribution in [0.5, 0.6) is 0 Å². The first kappa shape index (κ1) is 7.19. The lowest BCUT2D eigenvalue weighted by atomic mass is 11.0. The van der Waals surface area contributed by atoms with Crippen molar-refractivity contribution in [2.45, 2.75) is 6.92 Å². The van der Waals surface area contributed by atoms with Gasteiger partial charge in [0.2, 0.25) is 0 Å². The molecule has 0 aliphatic heterocycles. The Morgan fingerprint density at radius 3 is 2.14 bits per heavy atom. The molecule has 7 heavy (non-hydrogen) atoms. The molecule has 0 unspecified atom stereocenters. The van der Waals surface area contributed by atoms with E-state index in [0.717, 1.165) is 0 Å². The third kappa shape index (κ3) is 2.84. The second kappa shape index (κ2) is 2.49. The molecular weight excluding hydrogens is 116 g/mol. The molecule has 46 valence electrons. The molecule has 4 nitrogen and oxygen atoms in total. The zero-order valence-electron chi connectivity index (χ0n) is 4.09. The van der Waals surface area contributed by atoms with Gasteiger partial charge in [0.15, 0.2) is 0 Å². The summed E-state index contributed by atoms with van der Waals surface area (Å²) in [5.74, 6) is 4.96. The Morgan fingerprint density at radius 2 is 2.14 bits per heavy atom. The molecule has 0 heterocycles. The molecular formula is C2H10N2O2S. The predicted octanol–water partition coefficient (Wildman–Crippen LogP) is 0.135. The third-order valence-corrected chi connectivity index (χ3v) is 1.77. The van der Waals surface area contributed by atoms with Gasteiger partial charge >= 0.3 is 0 Å². The van der Waals surface area contributed by atoms with Crippen LogP contribution in [0.3, 0.4) is 0 Å². The molecule has 0 aliphatic rings. The summed E-state index contributed by atoms with van der Waals surface area (Å²) in [6.45, 7) is 1.63. The molecule has 0 amide bonds. The van der Waals surface area contributed by atoms with Crippen molar-refractivity contribution in [1.82, 2.24) is 4.83 Å². The summed E-state index contributed by atoms with van der Waals surface area (Å²) in [6.07, 6.45) is 0. The van der Waals surface area contributed by atoms with Crippen LogP contribution in [0.1, 0.15) is 6.92 Å². The Balaban J connectivity index is 3.36. The van der Waals surface area contributed by atoms with Crippen molar-refractivity contribution >= 4 is 10.8 Å². The minimum absolute atomic E-state index is 0.253. The summed E-state index contributed by atoms with van der Waals surface area (Å²) in [5, 5.41) is 0. The van der Waals surface area contributed by atoms with E-state index in [2.05, 4.69) is 0 Å². The molecule has 0 radical (unpaired) electrons. The van der Waals surface area contributed by atoms with Crippen LogP contribution in [0.4, 0.5) is 0 Å². The quantitative estimate of drug-likeness (QED) is 0.313. The third-order valence-electron chi connectivity index (χ3n) is 0.591. The fourth-order valence-corrected chi connectivity index (χ4v) is 0.250. The van der Waals surface area contributed by atoms with E-state index in [4.69, 9.17) is 14.9 Å². The Labute approximate surface area is 44.2 Å². The molecule has 0 atom stereocenters. The highest BCUT2D eigenvalue weighted by Gasteiger charge is 2.01. The highest BCUT2D eigenvalue weighted by atomic mass is 32.3. The molecule has 0 saturated heterocycles. The van der Waals surface area contributed by atoms with Crippen molar-refractivity contribution in [1.29, 1.82) is 0 Å². The van der Waals surface area contributed by atoms with Crippen molar-refractivity contribution in [3.63, 3.8) is 0 Å².